The quantitative estimate of drug-likeness (QED) is 0.455. The van der Waals surface area contributed by atoms with Gasteiger partial charge in [-0.15, -0.1) is 0 Å². The molecule has 0 saturated carbocycles. The SMILES string of the molecule is C[B]C(CCC(=O)OCc1ccccc1)C(O)OC(C)(C)C. The Bertz CT molecular complexity index is 442. The van der Waals surface area contributed by atoms with Crippen LogP contribution in [0.5, 0.6) is 0 Å². The molecule has 1 aromatic rings. The van der Waals surface area contributed by atoms with Crippen molar-refractivity contribution in [2.24, 2.45) is 0 Å². The van der Waals surface area contributed by atoms with Crippen LogP contribution in [0.2, 0.25) is 12.6 Å². The second kappa shape index (κ2) is 8.96. The minimum atomic E-state index is -0.910. The van der Waals surface area contributed by atoms with Crippen LogP contribution in [0.3, 0.4) is 0 Å². The number of rotatable bonds is 8. The van der Waals surface area contributed by atoms with E-state index in [0.717, 1.165) is 5.56 Å². The molecule has 2 unspecified atom stereocenters. The number of hydrogen-bond donors (Lipinski definition) is 1. The average molecular weight is 305 g/mol. The molecule has 0 saturated heterocycles. The highest BCUT2D eigenvalue weighted by molar-refractivity contribution is 6.35. The Kier molecular flexibility index (Phi) is 7.62. The normalized spacial score (nSPS) is 14.2. The third kappa shape index (κ3) is 7.62. The second-order valence-corrected chi connectivity index (χ2v) is 6.30. The molecule has 0 spiro atoms. The number of ether oxygens (including phenoxy) is 2. The predicted molar refractivity (Wildman–Crippen MR) is 87.7 cm³/mol. The maximum absolute atomic E-state index is 11.8. The van der Waals surface area contributed by atoms with Crippen LogP contribution in [0, 0.1) is 0 Å². The predicted octanol–water partition coefficient (Wildman–Crippen LogP) is 3.18. The first-order valence-electron chi connectivity index (χ1n) is 7.67. The standard InChI is InChI=1S/C17H26BO4/c1-17(2,3)22-16(20)14(18-4)10-11-15(19)21-12-13-8-6-5-7-9-13/h5-9,14,16,20H,10-12H2,1-4H3. The Morgan fingerprint density at radius 3 is 2.45 bits per heavy atom. The van der Waals surface area contributed by atoms with E-state index >= 15 is 0 Å². The Balaban J connectivity index is 2.34. The molecule has 22 heavy (non-hydrogen) atoms. The summed E-state index contributed by atoms with van der Waals surface area (Å²) in [6, 6.07) is 9.56. The highest BCUT2D eigenvalue weighted by Crippen LogP contribution is 2.23. The highest BCUT2D eigenvalue weighted by atomic mass is 16.6. The summed E-state index contributed by atoms with van der Waals surface area (Å²) in [5.74, 6) is -0.456. The number of carbonyl (C=O) groups is 1. The van der Waals surface area contributed by atoms with Gasteiger partial charge in [0.15, 0.2) is 6.29 Å². The average Bonchev–Trinajstić information content (AvgIpc) is 2.45. The van der Waals surface area contributed by atoms with Gasteiger partial charge in [0.2, 0.25) is 0 Å². The Hall–Kier alpha value is -1.33. The lowest BCUT2D eigenvalue weighted by atomic mass is 9.64. The van der Waals surface area contributed by atoms with E-state index in [4.69, 9.17) is 9.47 Å². The van der Waals surface area contributed by atoms with E-state index in [1.54, 1.807) is 0 Å². The van der Waals surface area contributed by atoms with Crippen LogP contribution in [0.25, 0.3) is 0 Å². The van der Waals surface area contributed by atoms with Gasteiger partial charge in [-0.05, 0) is 38.6 Å². The number of aliphatic hydroxyl groups excluding tert-OH is 1. The van der Waals surface area contributed by atoms with Crippen molar-refractivity contribution in [3.63, 3.8) is 0 Å². The van der Waals surface area contributed by atoms with E-state index in [-0.39, 0.29) is 24.8 Å². The lowest BCUT2D eigenvalue weighted by Gasteiger charge is -2.29. The molecule has 0 fully saturated rings. The van der Waals surface area contributed by atoms with Gasteiger partial charge in [0.05, 0.1) is 5.60 Å². The highest BCUT2D eigenvalue weighted by Gasteiger charge is 2.24. The third-order valence-corrected chi connectivity index (χ3v) is 3.19. The van der Waals surface area contributed by atoms with Crippen molar-refractivity contribution in [1.29, 1.82) is 0 Å². The van der Waals surface area contributed by atoms with E-state index in [2.05, 4.69) is 0 Å². The van der Waals surface area contributed by atoms with E-state index in [1.165, 1.54) is 0 Å². The summed E-state index contributed by atoms with van der Waals surface area (Å²) in [7, 11) is 1.86. The molecule has 1 rings (SSSR count). The number of carbonyl (C=O) groups excluding carboxylic acids is 1. The van der Waals surface area contributed by atoms with E-state index in [0.29, 0.717) is 6.42 Å². The number of benzene rings is 1. The zero-order valence-corrected chi connectivity index (χ0v) is 13.9. The van der Waals surface area contributed by atoms with Gasteiger partial charge in [0, 0.05) is 6.42 Å². The minimum absolute atomic E-state index is 0.191. The van der Waals surface area contributed by atoms with Crippen molar-refractivity contribution in [3.8, 4) is 0 Å². The lowest BCUT2D eigenvalue weighted by molar-refractivity contribution is -0.169. The summed E-state index contributed by atoms with van der Waals surface area (Å²) < 4.78 is 10.8. The van der Waals surface area contributed by atoms with Gasteiger partial charge < -0.3 is 14.6 Å². The third-order valence-electron chi connectivity index (χ3n) is 3.19. The van der Waals surface area contributed by atoms with Gasteiger partial charge in [-0.25, -0.2) is 0 Å². The van der Waals surface area contributed by atoms with Gasteiger partial charge in [-0.3, -0.25) is 4.79 Å². The van der Waals surface area contributed by atoms with Crippen molar-refractivity contribution in [1.82, 2.24) is 0 Å². The van der Waals surface area contributed by atoms with Crippen molar-refractivity contribution < 1.29 is 19.4 Å². The second-order valence-electron chi connectivity index (χ2n) is 6.30. The van der Waals surface area contributed by atoms with Crippen molar-refractivity contribution in [2.45, 2.75) is 64.8 Å². The molecule has 1 aromatic carbocycles. The summed E-state index contributed by atoms with van der Waals surface area (Å²) in [4.78, 5) is 11.8. The molecule has 0 aliphatic carbocycles. The fourth-order valence-electron chi connectivity index (χ4n) is 2.02. The van der Waals surface area contributed by atoms with Gasteiger partial charge in [0.25, 0.3) is 0 Å². The molecule has 0 aliphatic rings. The molecule has 121 valence electrons. The zero-order valence-electron chi connectivity index (χ0n) is 13.9. The first-order valence-corrected chi connectivity index (χ1v) is 7.67. The summed E-state index contributed by atoms with van der Waals surface area (Å²) >= 11 is 0. The molecule has 2 atom stereocenters. The summed E-state index contributed by atoms with van der Waals surface area (Å²) in [5, 5.41) is 10.1. The largest absolute Gasteiger partial charge is 0.461 e. The van der Waals surface area contributed by atoms with E-state index in [1.807, 2.05) is 65.2 Å². The molecular formula is C17H26BO4. The number of hydrogen-bond acceptors (Lipinski definition) is 4. The monoisotopic (exact) mass is 305 g/mol. The van der Waals surface area contributed by atoms with Crippen LogP contribution >= 0.6 is 0 Å². The molecule has 0 heterocycles. The van der Waals surface area contributed by atoms with Crippen molar-refractivity contribution in [3.05, 3.63) is 35.9 Å². The van der Waals surface area contributed by atoms with Crippen LogP contribution in [-0.2, 0) is 20.9 Å². The molecule has 1 N–H and O–H groups in total. The zero-order chi connectivity index (χ0) is 16.6. The number of aliphatic hydroxyl groups is 1. The molecule has 4 nitrogen and oxygen atoms in total. The Labute approximate surface area is 134 Å². The first kappa shape index (κ1) is 18.7. The van der Waals surface area contributed by atoms with Crippen molar-refractivity contribution in [2.75, 3.05) is 0 Å². The summed E-state index contributed by atoms with van der Waals surface area (Å²) in [6.07, 6.45) is -0.153. The van der Waals surface area contributed by atoms with Crippen LogP contribution in [0.4, 0.5) is 0 Å². The van der Waals surface area contributed by atoms with Gasteiger partial charge in [0.1, 0.15) is 13.9 Å². The first-order chi connectivity index (χ1) is 10.3. The van der Waals surface area contributed by atoms with Crippen LogP contribution in [0.15, 0.2) is 30.3 Å². The van der Waals surface area contributed by atoms with Crippen LogP contribution in [0.1, 0.15) is 39.2 Å². The lowest BCUT2D eigenvalue weighted by Crippen LogP contribution is -2.32. The molecule has 0 amide bonds. The summed E-state index contributed by atoms with van der Waals surface area (Å²) in [6.45, 7) is 7.79. The van der Waals surface area contributed by atoms with Crippen molar-refractivity contribution >= 4 is 13.2 Å². The maximum atomic E-state index is 11.8. The van der Waals surface area contributed by atoms with Gasteiger partial charge in [-0.1, -0.05) is 37.2 Å². The van der Waals surface area contributed by atoms with Gasteiger partial charge in [-0.2, -0.15) is 0 Å². The smallest absolute Gasteiger partial charge is 0.306 e. The minimum Gasteiger partial charge on any atom is -0.461 e. The number of esters is 1. The molecular weight excluding hydrogens is 279 g/mol. The topological polar surface area (TPSA) is 55.8 Å². The molecule has 1 radical (unpaired) electrons. The van der Waals surface area contributed by atoms with E-state index in [9.17, 15) is 9.90 Å². The maximum Gasteiger partial charge on any atom is 0.306 e. The molecule has 0 bridgehead atoms. The molecule has 0 aliphatic heterocycles. The Morgan fingerprint density at radius 1 is 1.27 bits per heavy atom. The fourth-order valence-corrected chi connectivity index (χ4v) is 2.02. The summed E-state index contributed by atoms with van der Waals surface area (Å²) in [5.41, 5.74) is 0.541. The Morgan fingerprint density at radius 2 is 1.91 bits per heavy atom. The van der Waals surface area contributed by atoms with Crippen LogP contribution < -0.4 is 0 Å². The fraction of sp³-hybridized carbons (Fsp3) is 0.588. The van der Waals surface area contributed by atoms with Crippen LogP contribution in [-0.4, -0.2) is 30.2 Å². The van der Waals surface area contributed by atoms with E-state index < -0.39 is 11.9 Å². The van der Waals surface area contributed by atoms with Gasteiger partial charge >= 0.3 is 5.97 Å². The molecule has 0 aromatic heterocycles. The molecule has 5 heteroatoms.